The largest absolute Gasteiger partial charge is 0.384 e. The molecule has 0 radical (unpaired) electrons. The average Bonchev–Trinajstić information content (AvgIpc) is 2.16. The zero-order valence-corrected chi connectivity index (χ0v) is 10.0. The van der Waals surface area contributed by atoms with Gasteiger partial charge in [0.1, 0.15) is 18.2 Å². The molecule has 1 heterocycles. The lowest BCUT2D eigenvalue weighted by molar-refractivity contribution is 0.178. The zero-order chi connectivity index (χ0) is 12.0. The fourth-order valence-corrected chi connectivity index (χ4v) is 1.21. The van der Waals surface area contributed by atoms with Gasteiger partial charge in [-0.3, -0.25) is 0 Å². The quantitative estimate of drug-likeness (QED) is 0.719. The predicted octanol–water partition coefficient (Wildman–Crippen LogP) is 0.179. The number of nitrogen functional groups attached to an aromatic ring is 1. The van der Waals surface area contributed by atoms with Crippen LogP contribution < -0.4 is 11.1 Å². The summed E-state index contributed by atoms with van der Waals surface area (Å²) in [6.45, 7) is 2.12. The number of aromatic nitrogens is 2. The van der Waals surface area contributed by atoms with Gasteiger partial charge in [-0.25, -0.2) is 9.97 Å². The van der Waals surface area contributed by atoms with Crippen LogP contribution in [0, 0.1) is 0 Å². The third kappa shape index (κ3) is 4.41. The van der Waals surface area contributed by atoms with E-state index < -0.39 is 0 Å². The van der Waals surface area contributed by atoms with E-state index in [1.807, 2.05) is 14.1 Å². The van der Waals surface area contributed by atoms with Crippen LogP contribution in [0.3, 0.4) is 0 Å². The molecule has 0 unspecified atom stereocenters. The molecule has 0 aromatic carbocycles. The fraction of sp³-hybridized carbons (Fsp3) is 0.600. The molecule has 0 saturated carbocycles. The van der Waals surface area contributed by atoms with Crippen molar-refractivity contribution in [3.8, 4) is 0 Å². The third-order valence-electron chi connectivity index (χ3n) is 1.93. The van der Waals surface area contributed by atoms with Crippen LogP contribution in [0.4, 0.5) is 11.6 Å². The van der Waals surface area contributed by atoms with Gasteiger partial charge < -0.3 is 20.7 Å². The van der Waals surface area contributed by atoms with E-state index in [0.717, 1.165) is 18.9 Å². The highest BCUT2D eigenvalue weighted by molar-refractivity contribution is 5.44. The minimum atomic E-state index is 0.368. The van der Waals surface area contributed by atoms with Crippen LogP contribution in [0.5, 0.6) is 0 Å². The van der Waals surface area contributed by atoms with Crippen LogP contribution in [0.1, 0.15) is 5.82 Å². The van der Waals surface area contributed by atoms with Crippen molar-refractivity contribution in [2.75, 3.05) is 45.3 Å². The Balaban J connectivity index is 2.58. The monoisotopic (exact) mass is 225 g/mol. The van der Waals surface area contributed by atoms with E-state index in [1.54, 1.807) is 13.2 Å². The summed E-state index contributed by atoms with van der Waals surface area (Å²) >= 11 is 0. The van der Waals surface area contributed by atoms with Crippen molar-refractivity contribution < 1.29 is 4.74 Å². The number of likely N-dealkylation sites (N-methyl/N-ethyl adjacent to an activating group) is 1. The second kappa shape index (κ2) is 6.24. The first kappa shape index (κ1) is 12.7. The van der Waals surface area contributed by atoms with Crippen molar-refractivity contribution in [3.05, 3.63) is 11.9 Å². The Morgan fingerprint density at radius 1 is 1.44 bits per heavy atom. The fourth-order valence-electron chi connectivity index (χ4n) is 1.21. The predicted molar refractivity (Wildman–Crippen MR) is 64.2 cm³/mol. The number of anilines is 2. The molecule has 0 aliphatic carbocycles. The van der Waals surface area contributed by atoms with Crippen LogP contribution in [0.15, 0.2) is 6.07 Å². The maximum atomic E-state index is 5.66. The highest BCUT2D eigenvalue weighted by atomic mass is 16.5. The highest BCUT2D eigenvalue weighted by Crippen LogP contribution is 2.08. The molecule has 0 spiro atoms. The van der Waals surface area contributed by atoms with Gasteiger partial charge in [-0.05, 0) is 14.1 Å². The maximum Gasteiger partial charge on any atom is 0.158 e. The number of hydrogen-bond donors (Lipinski definition) is 2. The summed E-state index contributed by atoms with van der Waals surface area (Å²) in [5.74, 6) is 1.78. The number of nitrogens with zero attached hydrogens (tertiary/aromatic N) is 3. The van der Waals surface area contributed by atoms with Crippen molar-refractivity contribution in [2.45, 2.75) is 6.61 Å². The summed E-state index contributed by atoms with van der Waals surface area (Å²) in [5, 5.41) is 3.19. The lowest BCUT2D eigenvalue weighted by Gasteiger charge is -2.11. The molecule has 6 heteroatoms. The lowest BCUT2D eigenvalue weighted by atomic mass is 10.4. The Labute approximate surface area is 95.8 Å². The Kier molecular flexibility index (Phi) is 4.94. The SMILES string of the molecule is COCc1nc(N)cc(NCCN(C)C)n1. The second-order valence-electron chi connectivity index (χ2n) is 3.76. The molecule has 0 aliphatic rings. The number of rotatable bonds is 6. The van der Waals surface area contributed by atoms with E-state index in [0.29, 0.717) is 18.2 Å². The van der Waals surface area contributed by atoms with Crippen LogP contribution in [-0.2, 0) is 11.3 Å². The smallest absolute Gasteiger partial charge is 0.158 e. The molecule has 0 aliphatic heterocycles. The number of nitrogens with one attached hydrogen (secondary N) is 1. The number of ether oxygens (including phenoxy) is 1. The molecule has 1 rings (SSSR count). The summed E-state index contributed by atoms with van der Waals surface area (Å²) in [5.41, 5.74) is 5.66. The summed E-state index contributed by atoms with van der Waals surface area (Å²) in [6.07, 6.45) is 0. The van der Waals surface area contributed by atoms with Crippen molar-refractivity contribution >= 4 is 11.6 Å². The highest BCUT2D eigenvalue weighted by Gasteiger charge is 2.02. The van der Waals surface area contributed by atoms with Crippen molar-refractivity contribution in [3.63, 3.8) is 0 Å². The van der Waals surface area contributed by atoms with E-state index in [-0.39, 0.29) is 0 Å². The number of hydrogen-bond acceptors (Lipinski definition) is 6. The molecule has 1 aromatic heterocycles. The van der Waals surface area contributed by atoms with Gasteiger partial charge in [0, 0.05) is 26.3 Å². The van der Waals surface area contributed by atoms with Crippen LogP contribution in [0.25, 0.3) is 0 Å². The molecule has 16 heavy (non-hydrogen) atoms. The zero-order valence-electron chi connectivity index (χ0n) is 10.0. The van der Waals surface area contributed by atoms with Gasteiger partial charge in [0.25, 0.3) is 0 Å². The van der Waals surface area contributed by atoms with E-state index in [9.17, 15) is 0 Å². The van der Waals surface area contributed by atoms with Gasteiger partial charge in [0.15, 0.2) is 5.82 Å². The molecule has 6 nitrogen and oxygen atoms in total. The molecular formula is C10H19N5O. The minimum absolute atomic E-state index is 0.368. The molecular weight excluding hydrogens is 206 g/mol. The van der Waals surface area contributed by atoms with Crippen molar-refractivity contribution in [1.29, 1.82) is 0 Å². The molecule has 3 N–H and O–H groups in total. The van der Waals surface area contributed by atoms with Gasteiger partial charge in [0.05, 0.1) is 0 Å². The van der Waals surface area contributed by atoms with E-state index in [4.69, 9.17) is 10.5 Å². The maximum absolute atomic E-state index is 5.66. The molecule has 1 aromatic rings. The summed E-state index contributed by atoms with van der Waals surface area (Å²) in [7, 11) is 5.64. The third-order valence-corrected chi connectivity index (χ3v) is 1.93. The minimum Gasteiger partial charge on any atom is -0.384 e. The van der Waals surface area contributed by atoms with Crippen molar-refractivity contribution in [2.24, 2.45) is 0 Å². The topological polar surface area (TPSA) is 76.3 Å². The molecule has 90 valence electrons. The molecule has 0 amide bonds. The summed E-state index contributed by atoms with van der Waals surface area (Å²) in [4.78, 5) is 10.4. The van der Waals surface area contributed by atoms with E-state index in [1.165, 1.54) is 0 Å². The van der Waals surface area contributed by atoms with E-state index >= 15 is 0 Å². The Bertz CT molecular complexity index is 329. The normalized spacial score (nSPS) is 10.8. The molecule has 0 saturated heterocycles. The number of nitrogens with two attached hydrogens (primary N) is 1. The Hall–Kier alpha value is -1.40. The Morgan fingerprint density at radius 2 is 2.19 bits per heavy atom. The van der Waals surface area contributed by atoms with Gasteiger partial charge in [-0.2, -0.15) is 0 Å². The van der Waals surface area contributed by atoms with Crippen LogP contribution in [0.2, 0.25) is 0 Å². The van der Waals surface area contributed by atoms with Crippen LogP contribution in [-0.4, -0.2) is 49.2 Å². The van der Waals surface area contributed by atoms with E-state index in [2.05, 4.69) is 20.2 Å². The second-order valence-corrected chi connectivity index (χ2v) is 3.76. The van der Waals surface area contributed by atoms with Gasteiger partial charge in [-0.1, -0.05) is 0 Å². The van der Waals surface area contributed by atoms with Crippen LogP contribution >= 0.6 is 0 Å². The first-order chi connectivity index (χ1) is 7.61. The van der Waals surface area contributed by atoms with Crippen molar-refractivity contribution in [1.82, 2.24) is 14.9 Å². The first-order valence-electron chi connectivity index (χ1n) is 5.13. The number of methoxy groups -OCH3 is 1. The van der Waals surface area contributed by atoms with Gasteiger partial charge in [0.2, 0.25) is 0 Å². The van der Waals surface area contributed by atoms with Gasteiger partial charge >= 0.3 is 0 Å². The molecule has 0 fully saturated rings. The molecule has 0 bridgehead atoms. The molecule has 0 atom stereocenters. The van der Waals surface area contributed by atoms with Gasteiger partial charge in [-0.15, -0.1) is 0 Å². The first-order valence-corrected chi connectivity index (χ1v) is 5.13. The lowest BCUT2D eigenvalue weighted by Crippen LogP contribution is -2.21. The summed E-state index contributed by atoms with van der Waals surface area (Å²) < 4.78 is 4.96. The average molecular weight is 225 g/mol. The standard InChI is InChI=1S/C10H19N5O/c1-15(2)5-4-12-9-6-8(11)13-10(14-9)7-16-3/h6H,4-5,7H2,1-3H3,(H3,11,12,13,14). The Morgan fingerprint density at radius 3 is 2.81 bits per heavy atom. The summed E-state index contributed by atoms with van der Waals surface area (Å²) in [6, 6.07) is 1.72.